The van der Waals surface area contributed by atoms with Gasteiger partial charge in [0.2, 0.25) is 0 Å². The maximum absolute atomic E-state index is 13.7. The first kappa shape index (κ1) is 13.1. The lowest BCUT2D eigenvalue weighted by Crippen LogP contribution is -2.11. The van der Waals surface area contributed by atoms with Crippen LogP contribution in [0.5, 0.6) is 0 Å². The fourth-order valence-corrected chi connectivity index (χ4v) is 2.91. The van der Waals surface area contributed by atoms with Crippen LogP contribution in [0, 0.1) is 11.6 Å². The van der Waals surface area contributed by atoms with Crippen LogP contribution in [0.1, 0.15) is 36.1 Å². The third kappa shape index (κ3) is 2.40. The van der Waals surface area contributed by atoms with Gasteiger partial charge in [0.1, 0.15) is 11.6 Å². The van der Waals surface area contributed by atoms with E-state index in [0.717, 1.165) is 18.5 Å². The van der Waals surface area contributed by atoms with E-state index in [2.05, 4.69) is 17.4 Å². The second kappa shape index (κ2) is 5.23. The molecule has 0 saturated heterocycles. The van der Waals surface area contributed by atoms with Gasteiger partial charge >= 0.3 is 0 Å². The Labute approximate surface area is 117 Å². The molecule has 1 aliphatic carbocycles. The number of hydrogen-bond donors (Lipinski definition) is 1. The molecule has 3 rings (SSSR count). The van der Waals surface area contributed by atoms with Crippen LogP contribution in [-0.2, 0) is 12.8 Å². The summed E-state index contributed by atoms with van der Waals surface area (Å²) < 4.78 is 27.5. The molecule has 1 atom stereocenters. The number of fused-ring (bicyclic) bond motifs is 1. The first-order valence-corrected chi connectivity index (χ1v) is 6.97. The van der Waals surface area contributed by atoms with Crippen molar-refractivity contribution in [2.24, 2.45) is 0 Å². The monoisotopic (exact) mass is 273 g/mol. The molecule has 2 aromatic rings. The molecule has 1 N–H and O–H groups in total. The third-order valence-electron chi connectivity index (χ3n) is 3.91. The Morgan fingerprint density at radius 3 is 2.45 bits per heavy atom. The summed E-state index contributed by atoms with van der Waals surface area (Å²) in [7, 11) is 0. The molecule has 1 aliphatic rings. The molecule has 0 spiro atoms. The quantitative estimate of drug-likeness (QED) is 0.860. The van der Waals surface area contributed by atoms with Crippen molar-refractivity contribution >= 4 is 5.69 Å². The van der Waals surface area contributed by atoms with Gasteiger partial charge in [-0.15, -0.1) is 0 Å². The second-order valence-corrected chi connectivity index (χ2v) is 5.34. The van der Waals surface area contributed by atoms with Crippen LogP contribution < -0.4 is 5.32 Å². The fourth-order valence-electron chi connectivity index (χ4n) is 2.91. The highest BCUT2D eigenvalue weighted by Crippen LogP contribution is 2.28. The van der Waals surface area contributed by atoms with Crippen LogP contribution in [0.2, 0.25) is 0 Å². The van der Waals surface area contributed by atoms with E-state index in [4.69, 9.17) is 0 Å². The van der Waals surface area contributed by atoms with E-state index in [-0.39, 0.29) is 5.56 Å². The van der Waals surface area contributed by atoms with Crippen molar-refractivity contribution in [3.8, 4) is 0 Å². The van der Waals surface area contributed by atoms with Gasteiger partial charge in [-0.25, -0.2) is 8.78 Å². The predicted octanol–water partition coefficient (Wildman–Crippen LogP) is 4.63. The molecule has 0 aliphatic heterocycles. The number of nitrogens with one attached hydrogen (secondary N) is 1. The zero-order valence-corrected chi connectivity index (χ0v) is 11.4. The van der Waals surface area contributed by atoms with E-state index in [9.17, 15) is 8.78 Å². The molecule has 1 unspecified atom stereocenters. The van der Waals surface area contributed by atoms with Crippen molar-refractivity contribution in [2.75, 3.05) is 5.32 Å². The zero-order valence-electron chi connectivity index (χ0n) is 11.4. The first-order chi connectivity index (χ1) is 9.65. The van der Waals surface area contributed by atoms with E-state index >= 15 is 0 Å². The van der Waals surface area contributed by atoms with Gasteiger partial charge in [0.05, 0.1) is 6.04 Å². The van der Waals surface area contributed by atoms with Crippen LogP contribution in [0.25, 0.3) is 0 Å². The van der Waals surface area contributed by atoms with Crippen molar-refractivity contribution in [3.63, 3.8) is 0 Å². The number of rotatable bonds is 3. The summed E-state index contributed by atoms with van der Waals surface area (Å²) in [5.41, 5.74) is 3.74. The zero-order chi connectivity index (χ0) is 14.1. The summed E-state index contributed by atoms with van der Waals surface area (Å²) in [6.07, 6.45) is 3.41. The predicted molar refractivity (Wildman–Crippen MR) is 76.9 cm³/mol. The third-order valence-corrected chi connectivity index (χ3v) is 3.91. The largest absolute Gasteiger partial charge is 0.378 e. The molecule has 2 aromatic carbocycles. The van der Waals surface area contributed by atoms with Gasteiger partial charge in [-0.05, 0) is 61.6 Å². The average Bonchev–Trinajstić information content (AvgIpc) is 2.85. The van der Waals surface area contributed by atoms with Crippen molar-refractivity contribution in [1.82, 2.24) is 0 Å². The lowest BCUT2D eigenvalue weighted by molar-refractivity contribution is 0.544. The Morgan fingerprint density at radius 2 is 1.70 bits per heavy atom. The van der Waals surface area contributed by atoms with Crippen LogP contribution in [0.15, 0.2) is 36.4 Å². The van der Waals surface area contributed by atoms with Crippen molar-refractivity contribution in [1.29, 1.82) is 0 Å². The lowest BCUT2D eigenvalue weighted by Gasteiger charge is -2.17. The maximum atomic E-state index is 13.7. The fraction of sp³-hybridized carbons (Fsp3) is 0.294. The summed E-state index contributed by atoms with van der Waals surface area (Å²) in [4.78, 5) is 0. The lowest BCUT2D eigenvalue weighted by atomic mass is 10.1. The van der Waals surface area contributed by atoms with E-state index in [1.807, 2.05) is 6.07 Å². The van der Waals surface area contributed by atoms with Crippen molar-refractivity contribution < 1.29 is 8.78 Å². The summed E-state index contributed by atoms with van der Waals surface area (Å²) >= 11 is 0. The van der Waals surface area contributed by atoms with Gasteiger partial charge in [-0.1, -0.05) is 12.1 Å². The molecular formula is C17H17F2N. The number of hydrogen-bond acceptors (Lipinski definition) is 1. The van der Waals surface area contributed by atoms with E-state index in [0.29, 0.717) is 0 Å². The van der Waals surface area contributed by atoms with Gasteiger partial charge in [0.25, 0.3) is 0 Å². The van der Waals surface area contributed by atoms with Gasteiger partial charge in [-0.2, -0.15) is 0 Å². The van der Waals surface area contributed by atoms with Gasteiger partial charge < -0.3 is 5.32 Å². The van der Waals surface area contributed by atoms with E-state index in [1.54, 1.807) is 6.92 Å². The minimum absolute atomic E-state index is 0.0907. The Bertz CT molecular complexity index is 617. The molecule has 104 valence electrons. The van der Waals surface area contributed by atoms with Crippen LogP contribution in [0.4, 0.5) is 14.5 Å². The Kier molecular flexibility index (Phi) is 3.43. The standard InChI is InChI=1S/C17H17F2N/c1-11(17-15(18)6-3-7-16(17)19)20-14-9-8-12-4-2-5-13(12)10-14/h3,6-11,20H,2,4-5H2,1H3. The molecule has 20 heavy (non-hydrogen) atoms. The maximum Gasteiger partial charge on any atom is 0.131 e. The van der Waals surface area contributed by atoms with E-state index < -0.39 is 17.7 Å². The molecule has 3 heteroatoms. The molecule has 0 amide bonds. The molecule has 0 bridgehead atoms. The van der Waals surface area contributed by atoms with Gasteiger partial charge in [0, 0.05) is 11.3 Å². The average molecular weight is 273 g/mol. The summed E-state index contributed by atoms with van der Waals surface area (Å²) in [6.45, 7) is 1.77. The van der Waals surface area contributed by atoms with Crippen LogP contribution >= 0.6 is 0 Å². The number of benzene rings is 2. The van der Waals surface area contributed by atoms with Crippen LogP contribution in [-0.4, -0.2) is 0 Å². The molecule has 0 fully saturated rings. The van der Waals surface area contributed by atoms with Gasteiger partial charge in [0.15, 0.2) is 0 Å². The Hall–Kier alpha value is -1.90. The smallest absolute Gasteiger partial charge is 0.131 e. The molecule has 0 heterocycles. The number of anilines is 1. The first-order valence-electron chi connectivity index (χ1n) is 6.97. The number of halogens is 2. The minimum atomic E-state index is -0.508. The number of aryl methyl sites for hydroxylation is 2. The Morgan fingerprint density at radius 1 is 1.00 bits per heavy atom. The van der Waals surface area contributed by atoms with E-state index in [1.165, 1.54) is 35.7 Å². The summed E-state index contributed by atoms with van der Waals surface area (Å²) in [5.74, 6) is -1.02. The minimum Gasteiger partial charge on any atom is -0.378 e. The second-order valence-electron chi connectivity index (χ2n) is 5.34. The summed E-state index contributed by atoms with van der Waals surface area (Å²) in [6, 6.07) is 9.75. The summed E-state index contributed by atoms with van der Waals surface area (Å²) in [5, 5.41) is 3.19. The SMILES string of the molecule is CC(Nc1ccc2c(c1)CCC2)c1c(F)cccc1F. The normalized spacial score (nSPS) is 14.9. The van der Waals surface area contributed by atoms with Crippen LogP contribution in [0.3, 0.4) is 0 Å². The molecular weight excluding hydrogens is 256 g/mol. The Balaban J connectivity index is 1.84. The highest BCUT2D eigenvalue weighted by Gasteiger charge is 2.17. The van der Waals surface area contributed by atoms with Gasteiger partial charge in [-0.3, -0.25) is 0 Å². The molecule has 1 nitrogen and oxygen atoms in total. The highest BCUT2D eigenvalue weighted by molar-refractivity contribution is 5.51. The molecule has 0 aromatic heterocycles. The molecule has 0 radical (unpaired) electrons. The molecule has 0 saturated carbocycles. The topological polar surface area (TPSA) is 12.0 Å². The highest BCUT2D eigenvalue weighted by atomic mass is 19.1. The van der Waals surface area contributed by atoms with Crippen molar-refractivity contribution in [3.05, 3.63) is 64.7 Å². The van der Waals surface area contributed by atoms with Crippen molar-refractivity contribution in [2.45, 2.75) is 32.2 Å².